The Hall–Kier alpha value is -2.02. The van der Waals surface area contributed by atoms with Crippen LogP contribution in [0.4, 0.5) is 0 Å². The number of aromatic amines is 1. The summed E-state index contributed by atoms with van der Waals surface area (Å²) < 4.78 is 0. The third kappa shape index (κ3) is 3.56. The summed E-state index contributed by atoms with van der Waals surface area (Å²) in [5.74, 6) is 1.19. The normalized spacial score (nSPS) is 17.4. The van der Waals surface area contributed by atoms with Crippen LogP contribution in [0.5, 0.6) is 0 Å². The van der Waals surface area contributed by atoms with E-state index in [1.807, 2.05) is 18.3 Å². The van der Waals surface area contributed by atoms with E-state index in [1.54, 1.807) is 22.9 Å². The second-order valence-electron chi connectivity index (χ2n) is 5.91. The van der Waals surface area contributed by atoms with Crippen LogP contribution in [-0.4, -0.2) is 50.9 Å². The molecule has 0 spiro atoms. The molecule has 2 amide bonds. The third-order valence-corrected chi connectivity index (χ3v) is 5.23. The van der Waals surface area contributed by atoms with Crippen LogP contribution in [0.25, 0.3) is 11.0 Å². The van der Waals surface area contributed by atoms with E-state index in [2.05, 4.69) is 22.2 Å². The Bertz CT molecular complexity index is 730. The van der Waals surface area contributed by atoms with Crippen LogP contribution >= 0.6 is 11.8 Å². The van der Waals surface area contributed by atoms with E-state index < -0.39 is 0 Å². The summed E-state index contributed by atoms with van der Waals surface area (Å²) in [6.45, 7) is 2.76. The van der Waals surface area contributed by atoms with Gasteiger partial charge in [0.2, 0.25) is 11.8 Å². The minimum atomic E-state index is -0.359. The zero-order valence-electron chi connectivity index (χ0n) is 13.7. The molecular formula is C17H22N4O2S. The number of pyridine rings is 1. The molecule has 0 radical (unpaired) electrons. The molecule has 3 heterocycles. The maximum Gasteiger partial charge on any atom is 0.243 e. The minimum absolute atomic E-state index is 0.0135. The zero-order valence-corrected chi connectivity index (χ0v) is 14.6. The molecule has 0 bridgehead atoms. The molecule has 7 heteroatoms. The summed E-state index contributed by atoms with van der Waals surface area (Å²) in [6.07, 6.45) is 5.83. The molecule has 1 aliphatic heterocycles. The number of hydrogen-bond donors (Lipinski definition) is 2. The van der Waals surface area contributed by atoms with Crippen molar-refractivity contribution in [2.45, 2.75) is 32.2 Å². The number of H-pyrrole nitrogens is 1. The van der Waals surface area contributed by atoms with Gasteiger partial charge in [0.15, 0.2) is 0 Å². The van der Waals surface area contributed by atoms with E-state index in [4.69, 9.17) is 0 Å². The average Bonchev–Trinajstić information content (AvgIpc) is 3.22. The van der Waals surface area contributed by atoms with Crippen LogP contribution in [0, 0.1) is 0 Å². The molecule has 0 unspecified atom stereocenters. The van der Waals surface area contributed by atoms with E-state index in [0.29, 0.717) is 18.2 Å². The number of carbonyl (C=O) groups excluding carboxylic acids is 2. The third-order valence-electron chi connectivity index (χ3n) is 4.21. The Morgan fingerprint density at radius 3 is 3.21 bits per heavy atom. The minimum Gasteiger partial charge on any atom is -0.354 e. The lowest BCUT2D eigenvalue weighted by Gasteiger charge is -2.23. The van der Waals surface area contributed by atoms with Crippen molar-refractivity contribution in [3.05, 3.63) is 30.1 Å². The Labute approximate surface area is 145 Å². The van der Waals surface area contributed by atoms with Crippen molar-refractivity contribution < 1.29 is 9.59 Å². The predicted octanol–water partition coefficient (Wildman–Crippen LogP) is 1.92. The SMILES string of the molecule is CCCCNC(=O)[C@@H]1CSCN1C(=O)Cc1c[nH]c2ncccc12. The number of unbranched alkanes of at least 4 members (excludes halogenated alkanes) is 1. The molecule has 0 aliphatic carbocycles. The molecule has 128 valence electrons. The molecule has 2 aromatic heterocycles. The summed E-state index contributed by atoms with van der Waals surface area (Å²) >= 11 is 1.63. The number of nitrogens with one attached hydrogen (secondary N) is 2. The summed E-state index contributed by atoms with van der Waals surface area (Å²) in [6, 6.07) is 3.46. The van der Waals surface area contributed by atoms with Gasteiger partial charge in [0.1, 0.15) is 11.7 Å². The highest BCUT2D eigenvalue weighted by atomic mass is 32.2. The van der Waals surface area contributed by atoms with E-state index in [-0.39, 0.29) is 24.3 Å². The molecule has 1 saturated heterocycles. The van der Waals surface area contributed by atoms with Gasteiger partial charge in [0.05, 0.1) is 12.3 Å². The number of carbonyl (C=O) groups is 2. The van der Waals surface area contributed by atoms with Gasteiger partial charge >= 0.3 is 0 Å². The van der Waals surface area contributed by atoms with Crippen molar-refractivity contribution in [3.63, 3.8) is 0 Å². The molecular weight excluding hydrogens is 324 g/mol. The Morgan fingerprint density at radius 1 is 1.50 bits per heavy atom. The van der Waals surface area contributed by atoms with Crippen LogP contribution < -0.4 is 5.32 Å². The molecule has 0 saturated carbocycles. The highest BCUT2D eigenvalue weighted by molar-refractivity contribution is 7.99. The number of aromatic nitrogens is 2. The number of hydrogen-bond acceptors (Lipinski definition) is 4. The van der Waals surface area contributed by atoms with Crippen molar-refractivity contribution >= 4 is 34.6 Å². The lowest BCUT2D eigenvalue weighted by molar-refractivity contribution is -0.137. The summed E-state index contributed by atoms with van der Waals surface area (Å²) in [5.41, 5.74) is 1.70. The second-order valence-corrected chi connectivity index (χ2v) is 6.91. The maximum atomic E-state index is 12.7. The van der Waals surface area contributed by atoms with E-state index in [9.17, 15) is 9.59 Å². The lowest BCUT2D eigenvalue weighted by atomic mass is 10.1. The fourth-order valence-corrected chi connectivity index (χ4v) is 4.02. The largest absolute Gasteiger partial charge is 0.354 e. The Kier molecular flexibility index (Phi) is 5.40. The van der Waals surface area contributed by atoms with Crippen LogP contribution in [0.3, 0.4) is 0 Å². The van der Waals surface area contributed by atoms with Gasteiger partial charge in [-0.15, -0.1) is 11.8 Å². The number of rotatable bonds is 6. The average molecular weight is 346 g/mol. The van der Waals surface area contributed by atoms with Crippen molar-refractivity contribution in [2.75, 3.05) is 18.2 Å². The van der Waals surface area contributed by atoms with Gasteiger partial charge in [-0.2, -0.15) is 0 Å². The van der Waals surface area contributed by atoms with Gasteiger partial charge in [0, 0.05) is 30.1 Å². The fraction of sp³-hybridized carbons (Fsp3) is 0.471. The smallest absolute Gasteiger partial charge is 0.243 e. The summed E-state index contributed by atoms with van der Waals surface area (Å²) in [5, 5.41) is 3.90. The van der Waals surface area contributed by atoms with E-state index >= 15 is 0 Å². The molecule has 3 rings (SSSR count). The van der Waals surface area contributed by atoms with Crippen molar-refractivity contribution in [3.8, 4) is 0 Å². The molecule has 2 N–H and O–H groups in total. The van der Waals surface area contributed by atoms with Crippen LogP contribution in [0.15, 0.2) is 24.5 Å². The highest BCUT2D eigenvalue weighted by Gasteiger charge is 2.34. The van der Waals surface area contributed by atoms with Gasteiger partial charge in [-0.05, 0) is 24.1 Å². The quantitative estimate of drug-likeness (QED) is 0.784. The molecule has 1 atom stereocenters. The van der Waals surface area contributed by atoms with Crippen molar-refractivity contribution in [1.29, 1.82) is 0 Å². The number of amides is 2. The van der Waals surface area contributed by atoms with Gasteiger partial charge in [-0.25, -0.2) is 4.98 Å². The molecule has 1 fully saturated rings. The van der Waals surface area contributed by atoms with Crippen LogP contribution in [0.2, 0.25) is 0 Å². The van der Waals surface area contributed by atoms with Gasteiger partial charge < -0.3 is 15.2 Å². The first kappa shape index (κ1) is 16.8. The Balaban J connectivity index is 1.66. The number of thioether (sulfide) groups is 1. The molecule has 1 aliphatic rings. The summed E-state index contributed by atoms with van der Waals surface area (Å²) in [4.78, 5) is 34.0. The van der Waals surface area contributed by atoms with Crippen molar-refractivity contribution in [2.24, 2.45) is 0 Å². The molecule has 6 nitrogen and oxygen atoms in total. The van der Waals surface area contributed by atoms with E-state index in [1.165, 1.54) is 0 Å². The predicted molar refractivity (Wildman–Crippen MR) is 95.7 cm³/mol. The van der Waals surface area contributed by atoms with E-state index in [0.717, 1.165) is 29.4 Å². The number of fused-ring (bicyclic) bond motifs is 1. The first-order chi connectivity index (χ1) is 11.7. The molecule has 24 heavy (non-hydrogen) atoms. The maximum absolute atomic E-state index is 12.7. The second kappa shape index (κ2) is 7.70. The van der Waals surface area contributed by atoms with Gasteiger partial charge in [0.25, 0.3) is 0 Å². The highest BCUT2D eigenvalue weighted by Crippen LogP contribution is 2.23. The first-order valence-corrected chi connectivity index (χ1v) is 9.42. The first-order valence-electron chi connectivity index (χ1n) is 8.26. The monoisotopic (exact) mass is 346 g/mol. The standard InChI is InChI=1S/C17H22N4O2S/c1-2-3-6-19-17(23)14-10-24-11-21(14)15(22)8-12-9-20-16-13(12)5-4-7-18-16/h4-5,7,9,14H,2-3,6,8,10-11H2,1H3,(H,18,20)(H,19,23)/t14-/m0/s1. The molecule has 2 aromatic rings. The number of nitrogens with zero attached hydrogens (tertiary/aromatic N) is 2. The van der Waals surface area contributed by atoms with Crippen molar-refractivity contribution in [1.82, 2.24) is 20.2 Å². The fourth-order valence-electron chi connectivity index (χ4n) is 2.84. The topological polar surface area (TPSA) is 78.1 Å². The van der Waals surface area contributed by atoms with Crippen LogP contribution in [-0.2, 0) is 16.0 Å². The molecule has 0 aromatic carbocycles. The van der Waals surface area contributed by atoms with Gasteiger partial charge in [-0.1, -0.05) is 13.3 Å². The summed E-state index contributed by atoms with van der Waals surface area (Å²) in [7, 11) is 0. The van der Waals surface area contributed by atoms with Gasteiger partial charge in [-0.3, -0.25) is 9.59 Å². The zero-order chi connectivity index (χ0) is 16.9. The van der Waals surface area contributed by atoms with Crippen LogP contribution in [0.1, 0.15) is 25.3 Å². The lowest BCUT2D eigenvalue weighted by Crippen LogP contribution is -2.47. The Morgan fingerprint density at radius 2 is 2.38 bits per heavy atom.